The molecule has 0 bridgehead atoms. The number of rotatable bonds is 16. The minimum Gasteiger partial charge on any atom is -0.768 e. The van der Waals surface area contributed by atoms with Gasteiger partial charge in [-0.05, 0) is 100 Å². The first-order valence-corrected chi connectivity index (χ1v) is 22.6. The summed E-state index contributed by atoms with van der Waals surface area (Å²) >= 11 is -2.40. The van der Waals surface area contributed by atoms with Gasteiger partial charge >= 0.3 is 11.4 Å². The van der Waals surface area contributed by atoms with Crippen molar-refractivity contribution in [3.63, 3.8) is 0 Å². The normalized spacial score (nSPS) is 12.0. The quantitative estimate of drug-likeness (QED) is 0.109. The summed E-state index contributed by atoms with van der Waals surface area (Å²) in [5.74, 6) is 2.34. The summed E-state index contributed by atoms with van der Waals surface area (Å²) < 4.78 is 65.3. The molecule has 0 spiro atoms. The van der Waals surface area contributed by atoms with E-state index in [1.165, 1.54) is 33.1 Å². The topological polar surface area (TPSA) is 242 Å². The Labute approximate surface area is 360 Å². The number of sulfonamides is 1. The molecule has 20 heteroatoms. The maximum Gasteiger partial charge on any atom is 0.334 e. The number of nitrogens with zero attached hydrogens (tertiary/aromatic N) is 7. The zero-order valence-electron chi connectivity index (χ0n) is 35.2. The van der Waals surface area contributed by atoms with Gasteiger partial charge in [-0.2, -0.15) is 0 Å². The number of hydrogen-bond acceptors (Lipinski definition) is 13. The first kappa shape index (κ1) is 45.3. The van der Waals surface area contributed by atoms with Crippen molar-refractivity contribution in [3.05, 3.63) is 111 Å². The lowest BCUT2D eigenvalue weighted by atomic mass is 10.2. The third-order valence-corrected chi connectivity index (χ3v) is 12.0. The van der Waals surface area contributed by atoms with Gasteiger partial charge in [0.25, 0.3) is 10.0 Å². The number of aryl methyl sites for hydroxylation is 4. The van der Waals surface area contributed by atoms with Crippen LogP contribution >= 0.6 is 0 Å². The van der Waals surface area contributed by atoms with Gasteiger partial charge in [0, 0.05) is 4.90 Å². The summed E-state index contributed by atoms with van der Waals surface area (Å²) in [7, 11) is -4.06. The fourth-order valence-electron chi connectivity index (χ4n) is 6.93. The molecular formula is C42H48N9O9S2-. The highest BCUT2D eigenvalue weighted by Crippen LogP contribution is 2.33. The Bertz CT molecular complexity index is 2960. The predicted molar refractivity (Wildman–Crippen MR) is 233 cm³/mol. The summed E-state index contributed by atoms with van der Waals surface area (Å²) in [6.07, 6.45) is 3.03. The SMILES string of the molecule is CCCc1nc(C)n2c(=O)[nH]c(-c3cc(S(=O)(=O)N(CCO)c4ccccc4)ccc3OCC)nc12.CCCc1nc(C)n2c(=O)[nH]c(-c3cc(S(=O)[O-])ccc3OCC)nc12. The molecule has 7 rings (SSSR count). The van der Waals surface area contributed by atoms with Crippen molar-refractivity contribution in [2.75, 3.05) is 30.7 Å². The summed E-state index contributed by atoms with van der Waals surface area (Å²) in [6.45, 7) is 11.4. The molecule has 0 aliphatic heterocycles. The molecule has 0 amide bonds. The van der Waals surface area contributed by atoms with E-state index >= 15 is 0 Å². The van der Waals surface area contributed by atoms with Crippen LogP contribution in [0.3, 0.4) is 0 Å². The highest BCUT2D eigenvalue weighted by molar-refractivity contribution is 7.92. The number of H-pyrrole nitrogens is 2. The van der Waals surface area contributed by atoms with Crippen LogP contribution in [0.5, 0.6) is 11.5 Å². The van der Waals surface area contributed by atoms with Crippen molar-refractivity contribution in [3.8, 4) is 34.3 Å². The number of aliphatic hydroxyl groups excluding tert-OH is 1. The van der Waals surface area contributed by atoms with Crippen LogP contribution < -0.4 is 25.2 Å². The van der Waals surface area contributed by atoms with Gasteiger partial charge in [-0.15, -0.1) is 0 Å². The number of hydrogen-bond donors (Lipinski definition) is 3. The van der Waals surface area contributed by atoms with Gasteiger partial charge in [0.15, 0.2) is 11.3 Å². The molecule has 62 heavy (non-hydrogen) atoms. The minimum atomic E-state index is -4.06. The molecule has 0 aliphatic rings. The average Bonchev–Trinajstić information content (AvgIpc) is 3.75. The number of ether oxygens (including phenoxy) is 2. The van der Waals surface area contributed by atoms with Crippen molar-refractivity contribution in [1.82, 2.24) is 38.7 Å². The van der Waals surface area contributed by atoms with Crippen molar-refractivity contribution < 1.29 is 31.8 Å². The van der Waals surface area contributed by atoms with Crippen LogP contribution in [0.4, 0.5) is 5.69 Å². The Morgan fingerprint density at radius 1 is 0.742 bits per heavy atom. The third-order valence-electron chi connectivity index (χ3n) is 9.59. The molecule has 3 N–H and O–H groups in total. The van der Waals surface area contributed by atoms with Crippen LogP contribution in [0, 0.1) is 13.8 Å². The van der Waals surface area contributed by atoms with Gasteiger partial charge in [-0.25, -0.2) is 46.7 Å². The van der Waals surface area contributed by atoms with Crippen LogP contribution in [-0.4, -0.2) is 87.4 Å². The second kappa shape index (κ2) is 19.7. The van der Waals surface area contributed by atoms with E-state index in [1.807, 2.05) is 27.7 Å². The highest BCUT2D eigenvalue weighted by Gasteiger charge is 2.27. The van der Waals surface area contributed by atoms with Crippen LogP contribution in [-0.2, 0) is 33.9 Å². The summed E-state index contributed by atoms with van der Waals surface area (Å²) in [4.78, 5) is 49.2. The second-order valence-corrected chi connectivity index (χ2v) is 16.7. The smallest absolute Gasteiger partial charge is 0.334 e. The van der Waals surface area contributed by atoms with E-state index in [1.54, 1.807) is 56.3 Å². The largest absolute Gasteiger partial charge is 0.768 e. The number of nitrogens with one attached hydrogen (secondary N) is 2. The van der Waals surface area contributed by atoms with Crippen molar-refractivity contribution in [1.29, 1.82) is 0 Å². The Kier molecular flexibility index (Phi) is 14.4. The number of anilines is 1. The summed E-state index contributed by atoms with van der Waals surface area (Å²) in [5.41, 5.74) is 2.69. The molecule has 0 fully saturated rings. The van der Waals surface area contributed by atoms with E-state index in [4.69, 9.17) is 9.47 Å². The molecule has 0 radical (unpaired) electrons. The zero-order chi connectivity index (χ0) is 44.7. The Morgan fingerprint density at radius 3 is 1.71 bits per heavy atom. The molecule has 0 saturated heterocycles. The number of aliphatic hydroxyl groups is 1. The molecule has 328 valence electrons. The van der Waals surface area contributed by atoms with Gasteiger partial charge in [0.1, 0.15) is 34.8 Å². The van der Waals surface area contributed by atoms with E-state index < -0.39 is 26.8 Å². The van der Waals surface area contributed by atoms with Gasteiger partial charge < -0.3 is 19.1 Å². The second-order valence-electron chi connectivity index (χ2n) is 13.9. The van der Waals surface area contributed by atoms with Crippen LogP contribution in [0.1, 0.15) is 63.6 Å². The average molecular weight is 887 g/mol. The van der Waals surface area contributed by atoms with Gasteiger partial charge in [0.2, 0.25) is 0 Å². The predicted octanol–water partition coefficient (Wildman–Crippen LogP) is 4.91. The Balaban J connectivity index is 0.000000218. The molecule has 4 heterocycles. The Hall–Kier alpha value is -6.22. The van der Waals surface area contributed by atoms with Gasteiger partial charge in [0.05, 0.1) is 59.5 Å². The molecular weight excluding hydrogens is 839 g/mol. The summed E-state index contributed by atoms with van der Waals surface area (Å²) in [5, 5.41) is 9.57. The number of para-hydroxylation sites is 1. The number of fused-ring (bicyclic) bond motifs is 2. The molecule has 4 aromatic heterocycles. The molecule has 0 aliphatic carbocycles. The first-order valence-electron chi connectivity index (χ1n) is 20.1. The van der Waals surface area contributed by atoms with Crippen LogP contribution in [0.25, 0.3) is 34.1 Å². The van der Waals surface area contributed by atoms with Crippen molar-refractivity contribution in [2.24, 2.45) is 0 Å². The lowest BCUT2D eigenvalue weighted by Gasteiger charge is -2.24. The van der Waals surface area contributed by atoms with Crippen molar-refractivity contribution in [2.45, 2.75) is 77.0 Å². The highest BCUT2D eigenvalue weighted by atomic mass is 32.2. The standard InChI is InChI=1S/C25H29N5O5S.C17H20N4O4S/c1-4-9-21-24-27-23(28-25(32)30(24)17(3)26-21)20-16-19(12-13-22(20)35-5-2)36(33,34)29(14-15-31)18-10-7-6-8-11-18;1-4-6-13-16-19-15(20-17(22)21(16)10(3)18-13)12-9-11(26(23)24)7-8-14(12)25-5-2/h6-8,10-13,16,31H,4-5,9,14-15H2,1-3H3,(H,27,28,32);7-9H,4-6H2,1-3H3,(H,23,24)(H,19,20,22)/p-1. The van der Waals surface area contributed by atoms with E-state index in [9.17, 15) is 31.9 Å². The maximum absolute atomic E-state index is 13.7. The van der Waals surface area contributed by atoms with Crippen LogP contribution in [0.15, 0.2) is 86.1 Å². The molecule has 0 saturated carbocycles. The van der Waals surface area contributed by atoms with Gasteiger partial charge in [-0.3, -0.25) is 18.5 Å². The summed E-state index contributed by atoms with van der Waals surface area (Å²) in [6, 6.07) is 17.4. The first-order chi connectivity index (χ1) is 29.8. The van der Waals surface area contributed by atoms with E-state index in [0.29, 0.717) is 83.0 Å². The third kappa shape index (κ3) is 9.32. The lowest BCUT2D eigenvalue weighted by molar-refractivity contribution is 0.306. The number of aromatic amines is 2. The van der Waals surface area contributed by atoms with Crippen LogP contribution in [0.2, 0.25) is 0 Å². The molecule has 18 nitrogen and oxygen atoms in total. The minimum absolute atomic E-state index is 0.0285. The lowest BCUT2D eigenvalue weighted by Crippen LogP contribution is -2.33. The van der Waals surface area contributed by atoms with E-state index in [2.05, 4.69) is 29.9 Å². The number of imidazole rings is 2. The molecule has 3 aromatic carbocycles. The van der Waals surface area contributed by atoms with E-state index in [0.717, 1.165) is 22.8 Å². The Morgan fingerprint density at radius 2 is 1.24 bits per heavy atom. The number of aromatic nitrogens is 8. The fraction of sp³-hybridized carbons (Fsp3) is 0.333. The maximum atomic E-state index is 13.7. The molecule has 1 atom stereocenters. The van der Waals surface area contributed by atoms with Gasteiger partial charge in [-0.1, -0.05) is 44.9 Å². The molecule has 7 aromatic rings. The van der Waals surface area contributed by atoms with E-state index in [-0.39, 0.29) is 40.3 Å². The molecule has 1 unspecified atom stereocenters. The fourth-order valence-corrected chi connectivity index (χ4v) is 8.81. The van der Waals surface area contributed by atoms with Crippen molar-refractivity contribution >= 4 is 38.1 Å². The number of benzene rings is 3. The monoisotopic (exact) mass is 886 g/mol. The zero-order valence-corrected chi connectivity index (χ0v) is 36.8.